The Labute approximate surface area is 122 Å². The van der Waals surface area contributed by atoms with Gasteiger partial charge in [-0.25, -0.2) is 13.1 Å². The maximum atomic E-state index is 12.1. The summed E-state index contributed by atoms with van der Waals surface area (Å²) < 4.78 is 32.7. The summed E-state index contributed by atoms with van der Waals surface area (Å²) in [6, 6.07) is 3.14. The summed E-state index contributed by atoms with van der Waals surface area (Å²) in [4.78, 5) is 0.192. The molecule has 1 aromatic rings. The maximum Gasteiger partial charge on any atom is 0.240 e. The van der Waals surface area contributed by atoms with Crippen molar-refractivity contribution in [2.75, 3.05) is 18.9 Å². The van der Waals surface area contributed by atoms with Gasteiger partial charge in [-0.05, 0) is 54.4 Å². The highest BCUT2D eigenvalue weighted by atomic mass is 79.9. The van der Waals surface area contributed by atoms with Crippen LogP contribution >= 0.6 is 15.9 Å². The average Bonchev–Trinajstić information content (AvgIpc) is 2.29. The molecule has 0 saturated heterocycles. The molecule has 0 saturated carbocycles. The number of nitrogens with one attached hydrogen (secondary N) is 1. The van der Waals surface area contributed by atoms with E-state index in [9.17, 15) is 8.42 Å². The molecule has 0 aromatic heterocycles. The first-order valence-corrected chi connectivity index (χ1v) is 8.18. The summed E-state index contributed by atoms with van der Waals surface area (Å²) in [5.41, 5.74) is 6.75. The van der Waals surface area contributed by atoms with E-state index in [-0.39, 0.29) is 17.5 Å². The summed E-state index contributed by atoms with van der Waals surface area (Å²) in [5, 5.41) is 0. The summed E-state index contributed by atoms with van der Waals surface area (Å²) in [6.07, 6.45) is 0.0783. The van der Waals surface area contributed by atoms with E-state index in [1.165, 1.54) is 6.07 Å². The third kappa shape index (κ3) is 4.76. The molecule has 0 radical (unpaired) electrons. The number of hydrogen-bond donors (Lipinski definition) is 2. The molecule has 0 amide bonds. The number of benzene rings is 1. The first kappa shape index (κ1) is 16.4. The van der Waals surface area contributed by atoms with Gasteiger partial charge in [-0.1, -0.05) is 0 Å². The van der Waals surface area contributed by atoms with E-state index >= 15 is 0 Å². The highest BCUT2D eigenvalue weighted by molar-refractivity contribution is 9.10. The molecule has 0 aliphatic heterocycles. The zero-order chi connectivity index (χ0) is 14.6. The van der Waals surface area contributed by atoms with Gasteiger partial charge in [0.15, 0.2) is 0 Å². The number of aryl methyl sites for hydroxylation is 1. The second-order valence-corrected chi connectivity index (χ2v) is 7.05. The number of nitrogens with two attached hydrogens (primary N) is 1. The van der Waals surface area contributed by atoms with E-state index in [2.05, 4.69) is 20.7 Å². The third-order valence-corrected chi connectivity index (χ3v) is 4.72. The molecule has 0 fully saturated rings. The lowest BCUT2D eigenvalue weighted by atomic mass is 10.2. The predicted octanol–water partition coefficient (Wildman–Crippen LogP) is 2.04. The fourth-order valence-corrected chi connectivity index (χ4v) is 3.24. The van der Waals surface area contributed by atoms with Gasteiger partial charge in [-0.2, -0.15) is 0 Å². The van der Waals surface area contributed by atoms with Crippen LogP contribution in [0.15, 0.2) is 21.5 Å². The molecule has 0 bridgehead atoms. The molecule has 19 heavy (non-hydrogen) atoms. The van der Waals surface area contributed by atoms with Crippen LogP contribution in [0.25, 0.3) is 0 Å². The van der Waals surface area contributed by atoms with Crippen molar-refractivity contribution in [1.29, 1.82) is 0 Å². The summed E-state index contributed by atoms with van der Waals surface area (Å²) >= 11 is 3.27. The highest BCUT2D eigenvalue weighted by Crippen LogP contribution is 2.26. The monoisotopic (exact) mass is 350 g/mol. The number of nitrogen functional groups attached to an aromatic ring is 1. The van der Waals surface area contributed by atoms with Gasteiger partial charge in [0.2, 0.25) is 10.0 Å². The highest BCUT2D eigenvalue weighted by Gasteiger charge is 2.17. The van der Waals surface area contributed by atoms with E-state index in [0.29, 0.717) is 22.3 Å². The van der Waals surface area contributed by atoms with Crippen molar-refractivity contribution < 1.29 is 13.2 Å². The van der Waals surface area contributed by atoms with Crippen molar-refractivity contribution in [2.24, 2.45) is 0 Å². The number of ether oxygens (including phenoxy) is 1. The van der Waals surface area contributed by atoms with E-state index in [1.807, 2.05) is 13.8 Å². The van der Waals surface area contributed by atoms with Crippen LogP contribution in [0.3, 0.4) is 0 Å². The molecule has 7 heteroatoms. The lowest BCUT2D eigenvalue weighted by molar-refractivity contribution is 0.0834. The van der Waals surface area contributed by atoms with Crippen LogP contribution in [0.1, 0.15) is 19.4 Å². The second-order valence-electron chi connectivity index (χ2n) is 4.46. The van der Waals surface area contributed by atoms with Gasteiger partial charge in [0.1, 0.15) is 0 Å². The lowest BCUT2D eigenvalue weighted by Gasteiger charge is -2.12. The number of sulfonamides is 1. The van der Waals surface area contributed by atoms with Crippen LogP contribution in [0, 0.1) is 6.92 Å². The summed E-state index contributed by atoms with van der Waals surface area (Å²) in [6.45, 7) is 6.09. The van der Waals surface area contributed by atoms with Crippen molar-refractivity contribution in [1.82, 2.24) is 4.72 Å². The van der Waals surface area contributed by atoms with Crippen LogP contribution in [0.2, 0.25) is 0 Å². The van der Waals surface area contributed by atoms with Crippen molar-refractivity contribution in [3.05, 3.63) is 22.2 Å². The quantitative estimate of drug-likeness (QED) is 0.607. The Kier molecular flexibility index (Phi) is 5.79. The molecule has 0 aliphatic rings. The Morgan fingerprint density at radius 1 is 1.42 bits per heavy atom. The molecule has 3 N–H and O–H groups in total. The largest absolute Gasteiger partial charge is 0.398 e. The molecule has 0 atom stereocenters. The van der Waals surface area contributed by atoms with Crippen LogP contribution in [-0.2, 0) is 14.8 Å². The van der Waals surface area contributed by atoms with Gasteiger partial charge in [0.05, 0.1) is 17.6 Å². The summed E-state index contributed by atoms with van der Waals surface area (Å²) in [5.74, 6) is 0. The van der Waals surface area contributed by atoms with Gasteiger partial charge >= 0.3 is 0 Å². The Morgan fingerprint density at radius 3 is 2.63 bits per heavy atom. The SMILES string of the molecule is Cc1cc(Br)c(N)cc1S(=O)(=O)NCCOC(C)C. The van der Waals surface area contributed by atoms with Crippen molar-refractivity contribution >= 4 is 31.6 Å². The van der Waals surface area contributed by atoms with Gasteiger partial charge < -0.3 is 10.5 Å². The van der Waals surface area contributed by atoms with Gasteiger partial charge in [0, 0.05) is 16.7 Å². The van der Waals surface area contributed by atoms with Crippen LogP contribution in [-0.4, -0.2) is 27.7 Å². The standard InChI is InChI=1S/C12H19BrN2O3S/c1-8(2)18-5-4-15-19(16,17)12-7-11(14)10(13)6-9(12)3/h6-8,15H,4-5,14H2,1-3H3. The number of halogens is 1. The molecule has 0 heterocycles. The maximum absolute atomic E-state index is 12.1. The van der Waals surface area contributed by atoms with Crippen molar-refractivity contribution in [3.8, 4) is 0 Å². The number of rotatable bonds is 6. The molecular weight excluding hydrogens is 332 g/mol. The fraction of sp³-hybridized carbons (Fsp3) is 0.500. The lowest BCUT2D eigenvalue weighted by Crippen LogP contribution is -2.28. The van der Waals surface area contributed by atoms with E-state index in [0.717, 1.165) is 0 Å². The van der Waals surface area contributed by atoms with Gasteiger partial charge in [-0.3, -0.25) is 0 Å². The molecule has 108 valence electrons. The Morgan fingerprint density at radius 2 is 2.05 bits per heavy atom. The van der Waals surface area contributed by atoms with Crippen LogP contribution < -0.4 is 10.5 Å². The minimum absolute atomic E-state index is 0.0783. The van der Waals surface area contributed by atoms with Crippen LogP contribution in [0.5, 0.6) is 0 Å². The molecule has 0 aliphatic carbocycles. The first-order chi connectivity index (χ1) is 8.74. The Hall–Kier alpha value is -0.630. The number of anilines is 1. The molecule has 5 nitrogen and oxygen atoms in total. The van der Waals surface area contributed by atoms with Gasteiger partial charge in [0.25, 0.3) is 0 Å². The van der Waals surface area contributed by atoms with E-state index < -0.39 is 10.0 Å². The minimum atomic E-state index is -3.56. The Bertz CT molecular complexity index is 544. The van der Waals surface area contributed by atoms with Gasteiger partial charge in [-0.15, -0.1) is 0 Å². The molecular formula is C12H19BrN2O3S. The van der Waals surface area contributed by atoms with E-state index in [1.54, 1.807) is 13.0 Å². The predicted molar refractivity (Wildman–Crippen MR) is 79.6 cm³/mol. The molecule has 0 spiro atoms. The van der Waals surface area contributed by atoms with E-state index in [4.69, 9.17) is 10.5 Å². The molecule has 1 aromatic carbocycles. The molecule has 1 rings (SSSR count). The fourth-order valence-electron chi connectivity index (χ4n) is 1.51. The topological polar surface area (TPSA) is 81.4 Å². The van der Waals surface area contributed by atoms with Crippen molar-refractivity contribution in [2.45, 2.75) is 31.8 Å². The smallest absolute Gasteiger partial charge is 0.240 e. The normalized spacial score (nSPS) is 12.1. The molecule has 0 unspecified atom stereocenters. The second kappa shape index (κ2) is 6.69. The first-order valence-electron chi connectivity index (χ1n) is 5.91. The Balaban J connectivity index is 2.80. The zero-order valence-electron chi connectivity index (χ0n) is 11.2. The van der Waals surface area contributed by atoms with Crippen molar-refractivity contribution in [3.63, 3.8) is 0 Å². The third-order valence-electron chi connectivity index (χ3n) is 2.43. The number of hydrogen-bond acceptors (Lipinski definition) is 4. The summed E-state index contributed by atoms with van der Waals surface area (Å²) in [7, 11) is -3.56. The average molecular weight is 351 g/mol. The minimum Gasteiger partial charge on any atom is -0.398 e. The van der Waals surface area contributed by atoms with Crippen LogP contribution in [0.4, 0.5) is 5.69 Å². The zero-order valence-corrected chi connectivity index (χ0v) is 13.6.